The summed E-state index contributed by atoms with van der Waals surface area (Å²) in [7, 11) is -3.35. The van der Waals surface area contributed by atoms with E-state index < -0.39 is 10.0 Å². The van der Waals surface area contributed by atoms with E-state index in [4.69, 9.17) is 0 Å². The number of hydrogen-bond acceptors (Lipinski definition) is 4. The summed E-state index contributed by atoms with van der Waals surface area (Å²) in [5.74, 6) is 0. The summed E-state index contributed by atoms with van der Waals surface area (Å²) in [6, 6.07) is 0. The van der Waals surface area contributed by atoms with Gasteiger partial charge >= 0.3 is 0 Å². The van der Waals surface area contributed by atoms with Gasteiger partial charge in [-0.25, -0.2) is 8.42 Å². The fourth-order valence-electron chi connectivity index (χ4n) is 2.78. The lowest BCUT2D eigenvalue weighted by molar-refractivity contribution is 0.364. The molecule has 2 heterocycles. The second-order valence-corrected chi connectivity index (χ2v) is 8.46. The second kappa shape index (κ2) is 7.72. The van der Waals surface area contributed by atoms with Gasteiger partial charge in [-0.05, 0) is 37.3 Å². The standard InChI is InChI=1S/C15H26N2O2S2/c1-3-16-11-14-15(13(2)12-20-14)21(18,19)17-9-7-5-4-6-8-10-17/h12,16H,3-11H2,1-2H3. The van der Waals surface area contributed by atoms with Gasteiger partial charge in [-0.2, -0.15) is 4.31 Å². The van der Waals surface area contributed by atoms with E-state index in [1.807, 2.05) is 19.2 Å². The molecule has 6 heteroatoms. The molecule has 4 nitrogen and oxygen atoms in total. The lowest BCUT2D eigenvalue weighted by atomic mass is 10.1. The number of nitrogens with one attached hydrogen (secondary N) is 1. The van der Waals surface area contributed by atoms with Gasteiger partial charge in [0.15, 0.2) is 0 Å². The first-order valence-corrected chi connectivity index (χ1v) is 10.2. The molecule has 0 spiro atoms. The van der Waals surface area contributed by atoms with Crippen molar-refractivity contribution in [1.82, 2.24) is 9.62 Å². The van der Waals surface area contributed by atoms with E-state index >= 15 is 0 Å². The van der Waals surface area contributed by atoms with Gasteiger partial charge in [-0.3, -0.25) is 0 Å². The first-order valence-electron chi connectivity index (χ1n) is 7.85. The van der Waals surface area contributed by atoms with Crippen molar-refractivity contribution in [3.63, 3.8) is 0 Å². The van der Waals surface area contributed by atoms with Crippen LogP contribution in [0, 0.1) is 6.92 Å². The lowest BCUT2D eigenvalue weighted by Crippen LogP contribution is -2.34. The van der Waals surface area contributed by atoms with E-state index in [1.165, 1.54) is 6.42 Å². The molecule has 2 rings (SSSR count). The molecule has 1 N–H and O–H groups in total. The molecular formula is C15H26N2O2S2. The van der Waals surface area contributed by atoms with Gasteiger partial charge in [0.1, 0.15) is 4.90 Å². The van der Waals surface area contributed by atoms with Crippen molar-refractivity contribution in [3.8, 4) is 0 Å². The molecule has 21 heavy (non-hydrogen) atoms. The van der Waals surface area contributed by atoms with Crippen molar-refractivity contribution in [2.24, 2.45) is 0 Å². The van der Waals surface area contributed by atoms with Crippen LogP contribution in [0.3, 0.4) is 0 Å². The Morgan fingerprint density at radius 3 is 2.43 bits per heavy atom. The van der Waals surface area contributed by atoms with E-state index in [2.05, 4.69) is 5.32 Å². The Morgan fingerprint density at radius 1 is 1.19 bits per heavy atom. The van der Waals surface area contributed by atoms with Gasteiger partial charge < -0.3 is 5.32 Å². The van der Waals surface area contributed by atoms with Gasteiger partial charge in [0, 0.05) is 24.5 Å². The minimum Gasteiger partial charge on any atom is -0.312 e. The highest BCUT2D eigenvalue weighted by Gasteiger charge is 2.29. The van der Waals surface area contributed by atoms with Crippen LogP contribution in [0.4, 0.5) is 0 Å². The van der Waals surface area contributed by atoms with E-state index in [-0.39, 0.29) is 0 Å². The number of rotatable bonds is 5. The summed E-state index contributed by atoms with van der Waals surface area (Å²) in [4.78, 5) is 1.49. The highest BCUT2D eigenvalue weighted by Crippen LogP contribution is 2.30. The Labute approximate surface area is 132 Å². The van der Waals surface area contributed by atoms with Gasteiger partial charge in [-0.1, -0.05) is 26.2 Å². The molecule has 0 atom stereocenters. The number of sulfonamides is 1. The molecule has 0 unspecified atom stereocenters. The predicted molar refractivity (Wildman–Crippen MR) is 88.3 cm³/mol. The third-order valence-electron chi connectivity index (χ3n) is 3.94. The van der Waals surface area contributed by atoms with Crippen molar-refractivity contribution in [2.75, 3.05) is 19.6 Å². The molecule has 1 aromatic heterocycles. The SMILES string of the molecule is CCNCc1scc(C)c1S(=O)(=O)N1CCCCCCC1. The maximum atomic E-state index is 13.0. The fraction of sp³-hybridized carbons (Fsp3) is 0.733. The molecule has 0 bridgehead atoms. The number of aryl methyl sites for hydroxylation is 1. The van der Waals surface area contributed by atoms with E-state index in [0.717, 1.165) is 42.7 Å². The molecule has 0 saturated carbocycles. The zero-order valence-electron chi connectivity index (χ0n) is 13.0. The molecule has 1 aromatic rings. The van der Waals surface area contributed by atoms with E-state index in [0.29, 0.717) is 24.5 Å². The quantitative estimate of drug-likeness (QED) is 0.902. The smallest absolute Gasteiger partial charge is 0.244 e. The molecular weight excluding hydrogens is 304 g/mol. The molecule has 1 saturated heterocycles. The van der Waals surface area contributed by atoms with E-state index in [9.17, 15) is 8.42 Å². The van der Waals surface area contributed by atoms with Crippen LogP contribution in [0.1, 0.15) is 49.5 Å². The van der Waals surface area contributed by atoms with Crippen molar-refractivity contribution < 1.29 is 8.42 Å². The van der Waals surface area contributed by atoms with Crippen LogP contribution in [0.2, 0.25) is 0 Å². The topological polar surface area (TPSA) is 49.4 Å². The Morgan fingerprint density at radius 2 is 1.81 bits per heavy atom. The summed E-state index contributed by atoms with van der Waals surface area (Å²) in [6.07, 6.45) is 5.46. The van der Waals surface area contributed by atoms with Crippen LogP contribution in [0.25, 0.3) is 0 Å². The maximum Gasteiger partial charge on any atom is 0.244 e. The average Bonchev–Trinajstić information content (AvgIpc) is 2.77. The van der Waals surface area contributed by atoms with Gasteiger partial charge in [-0.15, -0.1) is 11.3 Å². The highest BCUT2D eigenvalue weighted by molar-refractivity contribution is 7.89. The predicted octanol–water partition coefficient (Wildman–Crippen LogP) is 3.12. The fourth-order valence-corrected chi connectivity index (χ4v) is 6.03. The van der Waals surface area contributed by atoms with Crippen LogP contribution in [-0.4, -0.2) is 32.4 Å². The number of hydrogen-bond donors (Lipinski definition) is 1. The van der Waals surface area contributed by atoms with Gasteiger partial charge in [0.2, 0.25) is 10.0 Å². The zero-order chi connectivity index (χ0) is 15.3. The summed E-state index contributed by atoms with van der Waals surface area (Å²) in [5, 5.41) is 5.21. The molecule has 120 valence electrons. The van der Waals surface area contributed by atoms with Crippen molar-refractivity contribution in [2.45, 2.75) is 57.4 Å². The minimum atomic E-state index is -3.35. The first kappa shape index (κ1) is 16.9. The van der Waals surface area contributed by atoms with Crippen LogP contribution in [0.15, 0.2) is 10.3 Å². The minimum absolute atomic E-state index is 0.550. The lowest BCUT2D eigenvalue weighted by Gasteiger charge is -2.24. The molecule has 0 radical (unpaired) electrons. The van der Waals surface area contributed by atoms with Gasteiger partial charge in [0.25, 0.3) is 0 Å². The van der Waals surface area contributed by atoms with Crippen LogP contribution < -0.4 is 5.32 Å². The van der Waals surface area contributed by atoms with Gasteiger partial charge in [0.05, 0.1) is 0 Å². The molecule has 1 fully saturated rings. The molecule has 1 aliphatic heterocycles. The Balaban J connectivity index is 2.27. The van der Waals surface area contributed by atoms with Crippen LogP contribution in [-0.2, 0) is 16.6 Å². The average molecular weight is 331 g/mol. The normalized spacial score (nSPS) is 18.4. The van der Waals surface area contributed by atoms with Crippen LogP contribution >= 0.6 is 11.3 Å². The Bertz CT molecular complexity index is 544. The summed E-state index contributed by atoms with van der Waals surface area (Å²) in [5.41, 5.74) is 0.884. The summed E-state index contributed by atoms with van der Waals surface area (Å²) in [6.45, 7) is 6.75. The monoisotopic (exact) mass is 330 g/mol. The van der Waals surface area contributed by atoms with Crippen molar-refractivity contribution in [3.05, 3.63) is 15.8 Å². The van der Waals surface area contributed by atoms with Crippen molar-refractivity contribution >= 4 is 21.4 Å². The molecule has 0 aliphatic carbocycles. The third kappa shape index (κ3) is 4.06. The molecule has 0 aromatic carbocycles. The Hall–Kier alpha value is -0.430. The van der Waals surface area contributed by atoms with Crippen LogP contribution in [0.5, 0.6) is 0 Å². The summed E-state index contributed by atoms with van der Waals surface area (Å²) < 4.78 is 27.8. The largest absolute Gasteiger partial charge is 0.312 e. The number of nitrogens with zero attached hydrogens (tertiary/aromatic N) is 1. The van der Waals surface area contributed by atoms with Crippen molar-refractivity contribution in [1.29, 1.82) is 0 Å². The molecule has 1 aliphatic rings. The summed E-state index contributed by atoms with van der Waals surface area (Å²) >= 11 is 1.55. The highest BCUT2D eigenvalue weighted by atomic mass is 32.2. The third-order valence-corrected chi connectivity index (χ3v) is 7.30. The Kier molecular flexibility index (Phi) is 6.22. The molecule has 0 amide bonds. The van der Waals surface area contributed by atoms with E-state index in [1.54, 1.807) is 15.6 Å². The number of thiophene rings is 1. The first-order chi connectivity index (χ1) is 10.1. The second-order valence-electron chi connectivity index (χ2n) is 5.62. The maximum absolute atomic E-state index is 13.0. The zero-order valence-corrected chi connectivity index (χ0v) is 14.7.